The summed E-state index contributed by atoms with van der Waals surface area (Å²) in [6.07, 6.45) is 4.35. The van der Waals surface area contributed by atoms with Gasteiger partial charge in [-0.1, -0.05) is 31.2 Å². The molecule has 0 amide bonds. The van der Waals surface area contributed by atoms with Crippen molar-refractivity contribution < 1.29 is 14.0 Å². The zero-order chi connectivity index (χ0) is 17.8. The molecule has 0 aliphatic rings. The van der Waals surface area contributed by atoms with E-state index in [9.17, 15) is 14.0 Å². The first-order valence-electron chi connectivity index (χ1n) is 7.95. The third kappa shape index (κ3) is 3.71. The number of hydrogen-bond donors (Lipinski definition) is 1. The van der Waals surface area contributed by atoms with Crippen LogP contribution in [0.5, 0.6) is 0 Å². The van der Waals surface area contributed by atoms with Gasteiger partial charge in [0.05, 0.1) is 6.20 Å². The maximum Gasteiger partial charge on any atom is 0.163 e. The Kier molecular flexibility index (Phi) is 4.84. The number of ketones is 1. The molecular weight excluding hydrogens is 319 g/mol. The first-order valence-corrected chi connectivity index (χ1v) is 7.95. The predicted octanol–water partition coefficient (Wildman–Crippen LogP) is 4.40. The Labute approximate surface area is 144 Å². The molecule has 0 bridgehead atoms. The molecule has 3 aromatic rings. The molecular formula is C20H17FN2O2. The van der Waals surface area contributed by atoms with Gasteiger partial charge in [0.15, 0.2) is 12.1 Å². The minimum Gasteiger partial charge on any atom is -0.298 e. The standard InChI is InChI=1S/C20H17FN2O2/c1-13(14-2-5-18(21)6-3-14)8-20(25)15-4-7-19(16(9-15)12-24)17-10-22-23-11-17/h2-7,9-13H,8H2,1H3,(H,22,23)/t13-/m0/s1. The molecule has 0 radical (unpaired) electrons. The Balaban J connectivity index is 1.80. The van der Waals surface area contributed by atoms with Crippen molar-refractivity contribution in [2.75, 3.05) is 0 Å². The molecule has 0 unspecified atom stereocenters. The van der Waals surface area contributed by atoms with Gasteiger partial charge in [0.1, 0.15) is 5.82 Å². The van der Waals surface area contributed by atoms with Crippen LogP contribution < -0.4 is 0 Å². The van der Waals surface area contributed by atoms with Crippen molar-refractivity contribution in [3.63, 3.8) is 0 Å². The predicted molar refractivity (Wildman–Crippen MR) is 93.2 cm³/mol. The van der Waals surface area contributed by atoms with Crippen molar-refractivity contribution in [2.45, 2.75) is 19.3 Å². The topological polar surface area (TPSA) is 62.8 Å². The summed E-state index contributed by atoms with van der Waals surface area (Å²) in [5, 5.41) is 6.58. The number of aldehydes is 1. The van der Waals surface area contributed by atoms with Gasteiger partial charge in [-0.3, -0.25) is 14.7 Å². The molecule has 1 aromatic heterocycles. The van der Waals surface area contributed by atoms with E-state index in [0.29, 0.717) is 11.1 Å². The second kappa shape index (κ2) is 7.21. The minimum atomic E-state index is -0.298. The van der Waals surface area contributed by atoms with Crippen LogP contribution in [0.25, 0.3) is 11.1 Å². The zero-order valence-electron chi connectivity index (χ0n) is 13.7. The van der Waals surface area contributed by atoms with Gasteiger partial charge in [-0.05, 0) is 35.2 Å². The fourth-order valence-electron chi connectivity index (χ4n) is 2.80. The molecule has 1 atom stereocenters. The van der Waals surface area contributed by atoms with Crippen LogP contribution in [0.3, 0.4) is 0 Å². The number of nitrogens with zero attached hydrogens (tertiary/aromatic N) is 1. The molecule has 0 saturated heterocycles. The third-order valence-corrected chi connectivity index (χ3v) is 4.24. The van der Waals surface area contributed by atoms with Crippen LogP contribution in [-0.2, 0) is 0 Å². The van der Waals surface area contributed by atoms with Crippen LogP contribution in [0.2, 0.25) is 0 Å². The fourth-order valence-corrected chi connectivity index (χ4v) is 2.80. The van der Waals surface area contributed by atoms with Crippen molar-refractivity contribution in [2.24, 2.45) is 0 Å². The van der Waals surface area contributed by atoms with Gasteiger partial charge < -0.3 is 0 Å². The third-order valence-electron chi connectivity index (χ3n) is 4.24. The Morgan fingerprint density at radius 1 is 1.24 bits per heavy atom. The number of aromatic amines is 1. The van der Waals surface area contributed by atoms with Crippen molar-refractivity contribution >= 4 is 12.1 Å². The number of benzene rings is 2. The number of rotatable bonds is 6. The van der Waals surface area contributed by atoms with Crippen LogP contribution >= 0.6 is 0 Å². The van der Waals surface area contributed by atoms with E-state index in [-0.39, 0.29) is 23.9 Å². The Hall–Kier alpha value is -3.08. The molecule has 0 aliphatic heterocycles. The highest BCUT2D eigenvalue weighted by molar-refractivity contribution is 5.99. The second-order valence-electron chi connectivity index (χ2n) is 5.99. The largest absolute Gasteiger partial charge is 0.298 e. The monoisotopic (exact) mass is 336 g/mol. The molecule has 0 aliphatic carbocycles. The molecule has 0 spiro atoms. The number of nitrogens with one attached hydrogen (secondary N) is 1. The molecule has 3 rings (SSSR count). The SMILES string of the molecule is C[C@@H](CC(=O)c1ccc(-c2cn[nH]c2)c(C=O)c1)c1ccc(F)cc1. The average Bonchev–Trinajstić information content (AvgIpc) is 3.16. The first-order chi connectivity index (χ1) is 12.1. The van der Waals surface area contributed by atoms with Crippen LogP contribution in [0.4, 0.5) is 4.39 Å². The van der Waals surface area contributed by atoms with Gasteiger partial charge in [0, 0.05) is 29.3 Å². The van der Waals surface area contributed by atoms with E-state index in [1.54, 1.807) is 42.7 Å². The number of aromatic nitrogens is 2. The molecule has 0 fully saturated rings. The van der Waals surface area contributed by atoms with Crippen LogP contribution in [-0.4, -0.2) is 22.3 Å². The van der Waals surface area contributed by atoms with Crippen molar-refractivity contribution in [3.8, 4) is 11.1 Å². The highest BCUT2D eigenvalue weighted by atomic mass is 19.1. The maximum absolute atomic E-state index is 13.0. The normalized spacial score (nSPS) is 11.9. The second-order valence-corrected chi connectivity index (χ2v) is 5.99. The quantitative estimate of drug-likeness (QED) is 0.536. The molecule has 25 heavy (non-hydrogen) atoms. The number of carbonyl (C=O) groups is 2. The summed E-state index contributed by atoms with van der Waals surface area (Å²) >= 11 is 0. The molecule has 5 heteroatoms. The Morgan fingerprint density at radius 2 is 2.00 bits per heavy atom. The molecule has 1 N–H and O–H groups in total. The van der Waals surface area contributed by atoms with E-state index in [1.807, 2.05) is 6.92 Å². The van der Waals surface area contributed by atoms with Crippen LogP contribution in [0.15, 0.2) is 54.9 Å². The summed E-state index contributed by atoms with van der Waals surface area (Å²) in [7, 11) is 0. The van der Waals surface area contributed by atoms with Crippen molar-refractivity contribution in [1.29, 1.82) is 0 Å². The lowest BCUT2D eigenvalue weighted by atomic mass is 9.91. The minimum absolute atomic E-state index is 0.0404. The van der Waals surface area contributed by atoms with Crippen molar-refractivity contribution in [3.05, 3.63) is 77.4 Å². The smallest absolute Gasteiger partial charge is 0.163 e. The van der Waals surface area contributed by atoms with Crippen molar-refractivity contribution in [1.82, 2.24) is 10.2 Å². The van der Waals surface area contributed by atoms with Gasteiger partial charge in [0.2, 0.25) is 0 Å². The number of carbonyl (C=O) groups excluding carboxylic acids is 2. The highest BCUT2D eigenvalue weighted by Gasteiger charge is 2.15. The van der Waals surface area contributed by atoms with E-state index in [1.165, 1.54) is 12.1 Å². The number of halogens is 1. The number of hydrogen-bond acceptors (Lipinski definition) is 3. The van der Waals surface area contributed by atoms with Crippen LogP contribution in [0, 0.1) is 5.82 Å². The fraction of sp³-hybridized carbons (Fsp3) is 0.150. The van der Waals surface area contributed by atoms with Crippen LogP contribution in [0.1, 0.15) is 45.5 Å². The van der Waals surface area contributed by atoms with E-state index in [2.05, 4.69) is 10.2 Å². The van der Waals surface area contributed by atoms with Gasteiger partial charge in [-0.25, -0.2) is 4.39 Å². The summed E-state index contributed by atoms with van der Waals surface area (Å²) in [5.41, 5.74) is 3.36. The van der Waals surface area contributed by atoms with E-state index in [0.717, 1.165) is 23.0 Å². The maximum atomic E-state index is 13.0. The average molecular weight is 336 g/mol. The summed E-state index contributed by atoms with van der Waals surface area (Å²) in [5.74, 6) is -0.396. The summed E-state index contributed by atoms with van der Waals surface area (Å²) in [4.78, 5) is 23.9. The molecule has 1 heterocycles. The molecule has 4 nitrogen and oxygen atoms in total. The Morgan fingerprint density at radius 3 is 2.64 bits per heavy atom. The van der Waals surface area contributed by atoms with Gasteiger partial charge in [-0.2, -0.15) is 5.10 Å². The number of H-pyrrole nitrogens is 1. The van der Waals surface area contributed by atoms with Gasteiger partial charge >= 0.3 is 0 Å². The lowest BCUT2D eigenvalue weighted by Gasteiger charge is -2.12. The zero-order valence-corrected chi connectivity index (χ0v) is 13.7. The lowest BCUT2D eigenvalue weighted by Crippen LogP contribution is -2.06. The molecule has 2 aromatic carbocycles. The summed E-state index contributed by atoms with van der Waals surface area (Å²) in [6, 6.07) is 11.2. The van der Waals surface area contributed by atoms with Gasteiger partial charge in [-0.15, -0.1) is 0 Å². The summed E-state index contributed by atoms with van der Waals surface area (Å²) in [6.45, 7) is 1.92. The Bertz CT molecular complexity index is 887. The first kappa shape index (κ1) is 16.8. The lowest BCUT2D eigenvalue weighted by molar-refractivity contribution is 0.0975. The molecule has 0 saturated carbocycles. The highest BCUT2D eigenvalue weighted by Crippen LogP contribution is 2.25. The van der Waals surface area contributed by atoms with E-state index >= 15 is 0 Å². The molecule has 126 valence electrons. The van der Waals surface area contributed by atoms with Gasteiger partial charge in [0.25, 0.3) is 0 Å². The summed E-state index contributed by atoms with van der Waals surface area (Å²) < 4.78 is 13.0. The van der Waals surface area contributed by atoms with E-state index < -0.39 is 0 Å². The van der Waals surface area contributed by atoms with E-state index in [4.69, 9.17) is 0 Å². The number of Topliss-reactive ketones (excluding diaryl/α,β-unsaturated/α-hetero) is 1.